The average molecular weight is 406 g/mol. The maximum atomic E-state index is 13.1. The molecule has 0 fully saturated rings. The Morgan fingerprint density at radius 1 is 0.793 bits per heavy atom. The molecule has 0 spiro atoms. The Morgan fingerprint density at radius 3 is 2.00 bits per heavy atom. The highest BCUT2D eigenvalue weighted by Gasteiger charge is 2.40. The highest BCUT2D eigenvalue weighted by molar-refractivity contribution is 5.93. The Hall–Kier alpha value is -3.41. The van der Waals surface area contributed by atoms with Crippen LogP contribution in [0.15, 0.2) is 97.2 Å². The molecule has 29 heavy (non-hydrogen) atoms. The van der Waals surface area contributed by atoms with Gasteiger partial charge in [0.15, 0.2) is 11.8 Å². The van der Waals surface area contributed by atoms with Crippen molar-refractivity contribution >= 4 is 22.5 Å². The second kappa shape index (κ2) is 8.73. The SMILES string of the molecule is O=C(NNc1cccc2ccc[nH+]c12)C(O)(c1ccccc1)c1ccccc1.[Cl-]. The molecule has 0 bridgehead atoms. The molecule has 5 nitrogen and oxygen atoms in total. The zero-order valence-corrected chi connectivity index (χ0v) is 16.2. The van der Waals surface area contributed by atoms with Crippen molar-refractivity contribution in [1.29, 1.82) is 0 Å². The number of halogens is 1. The monoisotopic (exact) mass is 405 g/mol. The molecule has 0 saturated carbocycles. The standard InChI is InChI=1S/C23H19N3O2.ClH/c27-22(26-25-20-15-7-9-17-10-8-16-24-21(17)20)23(28,18-11-3-1-4-12-18)19-13-5-2-6-14-19;/h1-16,25,28H,(H,26,27);1H. The van der Waals surface area contributed by atoms with Gasteiger partial charge in [0.25, 0.3) is 5.91 Å². The summed E-state index contributed by atoms with van der Waals surface area (Å²) in [5.74, 6) is -0.571. The summed E-state index contributed by atoms with van der Waals surface area (Å²) >= 11 is 0. The van der Waals surface area contributed by atoms with Crippen molar-refractivity contribution in [3.8, 4) is 0 Å². The summed E-state index contributed by atoms with van der Waals surface area (Å²) in [6, 6.07) is 27.4. The van der Waals surface area contributed by atoms with E-state index in [2.05, 4.69) is 15.8 Å². The molecule has 3 aromatic carbocycles. The third kappa shape index (κ3) is 3.92. The van der Waals surface area contributed by atoms with Crippen LogP contribution in [-0.4, -0.2) is 11.0 Å². The predicted molar refractivity (Wildman–Crippen MR) is 108 cm³/mol. The molecule has 0 unspecified atom stereocenters. The Morgan fingerprint density at radius 2 is 1.38 bits per heavy atom. The summed E-state index contributed by atoms with van der Waals surface area (Å²) in [5.41, 5.74) is 6.32. The third-order valence-electron chi connectivity index (χ3n) is 4.72. The molecule has 1 aromatic heterocycles. The van der Waals surface area contributed by atoms with E-state index in [1.165, 1.54) is 0 Å². The maximum Gasteiger partial charge on any atom is 0.279 e. The van der Waals surface area contributed by atoms with Gasteiger partial charge in [-0.2, -0.15) is 0 Å². The molecule has 4 aromatic rings. The number of nitrogens with one attached hydrogen (secondary N) is 3. The van der Waals surface area contributed by atoms with Crippen molar-refractivity contribution < 1.29 is 27.3 Å². The van der Waals surface area contributed by atoms with Crippen LogP contribution in [0.3, 0.4) is 0 Å². The molecule has 0 aliphatic heterocycles. The molecule has 4 N–H and O–H groups in total. The Balaban J connectivity index is 0.00000240. The number of rotatable bonds is 5. The first-order valence-electron chi connectivity index (χ1n) is 8.99. The molecule has 146 valence electrons. The number of benzene rings is 3. The molecular weight excluding hydrogens is 386 g/mol. The zero-order chi connectivity index (χ0) is 19.4. The van der Waals surface area contributed by atoms with Crippen molar-refractivity contribution in [3.05, 3.63) is 108 Å². The van der Waals surface area contributed by atoms with Gasteiger partial charge in [0, 0.05) is 11.5 Å². The quantitative estimate of drug-likeness (QED) is 0.410. The number of aromatic nitrogens is 1. The van der Waals surface area contributed by atoms with Crippen LogP contribution in [0, 0.1) is 0 Å². The molecule has 1 amide bonds. The number of carbonyl (C=O) groups excluding carboxylic acids is 1. The van der Waals surface area contributed by atoms with E-state index in [0.717, 1.165) is 10.9 Å². The number of carbonyl (C=O) groups is 1. The summed E-state index contributed by atoms with van der Waals surface area (Å²) < 4.78 is 0. The van der Waals surface area contributed by atoms with Crippen LogP contribution in [0.1, 0.15) is 11.1 Å². The number of hydrogen-bond acceptors (Lipinski definition) is 3. The summed E-state index contributed by atoms with van der Waals surface area (Å²) in [6.45, 7) is 0. The molecule has 4 rings (SSSR count). The number of pyridine rings is 1. The minimum absolute atomic E-state index is 0. The van der Waals surface area contributed by atoms with Crippen LogP contribution < -0.4 is 28.2 Å². The highest BCUT2D eigenvalue weighted by Crippen LogP contribution is 2.30. The second-order valence-corrected chi connectivity index (χ2v) is 6.46. The molecule has 0 atom stereocenters. The van der Waals surface area contributed by atoms with Gasteiger partial charge in [-0.15, -0.1) is 0 Å². The van der Waals surface area contributed by atoms with Gasteiger partial charge in [-0.25, -0.2) is 4.98 Å². The van der Waals surface area contributed by atoms with Crippen LogP contribution in [0.25, 0.3) is 10.9 Å². The van der Waals surface area contributed by atoms with Crippen LogP contribution >= 0.6 is 0 Å². The van der Waals surface area contributed by atoms with Crippen LogP contribution in [0.4, 0.5) is 5.69 Å². The van der Waals surface area contributed by atoms with Gasteiger partial charge in [-0.1, -0.05) is 66.7 Å². The minimum atomic E-state index is -1.83. The second-order valence-electron chi connectivity index (χ2n) is 6.46. The smallest absolute Gasteiger partial charge is 0.279 e. The van der Waals surface area contributed by atoms with Gasteiger partial charge in [0.2, 0.25) is 5.52 Å². The summed E-state index contributed by atoms with van der Waals surface area (Å²) in [5, 5.41) is 12.5. The molecule has 6 heteroatoms. The number of aliphatic hydroxyl groups is 1. The largest absolute Gasteiger partial charge is 1.00 e. The fourth-order valence-electron chi connectivity index (χ4n) is 3.26. The van der Waals surface area contributed by atoms with E-state index >= 15 is 0 Å². The predicted octanol–water partition coefficient (Wildman–Crippen LogP) is 0.0371. The molecule has 1 heterocycles. The van der Waals surface area contributed by atoms with Crippen molar-refractivity contribution in [1.82, 2.24) is 5.43 Å². The third-order valence-corrected chi connectivity index (χ3v) is 4.72. The van der Waals surface area contributed by atoms with Crippen molar-refractivity contribution in [2.45, 2.75) is 5.60 Å². The lowest BCUT2D eigenvalue weighted by Gasteiger charge is -2.28. The van der Waals surface area contributed by atoms with Crippen molar-refractivity contribution in [2.75, 3.05) is 5.43 Å². The van der Waals surface area contributed by atoms with Crippen molar-refractivity contribution in [3.63, 3.8) is 0 Å². The van der Waals surface area contributed by atoms with E-state index in [0.29, 0.717) is 16.8 Å². The van der Waals surface area contributed by atoms with Crippen LogP contribution in [0.5, 0.6) is 0 Å². The Labute approximate surface area is 174 Å². The first-order chi connectivity index (χ1) is 13.7. The lowest BCUT2D eigenvalue weighted by Crippen LogP contribution is -3.00. The van der Waals surface area contributed by atoms with Crippen LogP contribution in [0.2, 0.25) is 0 Å². The Bertz CT molecular complexity index is 1060. The molecule has 0 saturated heterocycles. The van der Waals surface area contributed by atoms with Crippen LogP contribution in [-0.2, 0) is 10.4 Å². The maximum absolute atomic E-state index is 13.1. The lowest BCUT2D eigenvalue weighted by atomic mass is 9.85. The minimum Gasteiger partial charge on any atom is -1.00 e. The normalized spacial score (nSPS) is 10.8. The fourth-order valence-corrected chi connectivity index (χ4v) is 3.26. The van der Waals surface area contributed by atoms with E-state index < -0.39 is 11.5 Å². The summed E-state index contributed by atoms with van der Waals surface area (Å²) in [7, 11) is 0. The molecular formula is C23H20ClN3O2. The lowest BCUT2D eigenvalue weighted by molar-refractivity contribution is -0.344. The van der Waals surface area contributed by atoms with E-state index in [4.69, 9.17) is 0 Å². The number of fused-ring (bicyclic) bond motifs is 1. The number of anilines is 1. The van der Waals surface area contributed by atoms with Crippen molar-refractivity contribution in [2.24, 2.45) is 0 Å². The van der Waals surface area contributed by atoms with E-state index in [9.17, 15) is 9.90 Å². The van der Waals surface area contributed by atoms with Gasteiger partial charge in [-0.05, 0) is 29.3 Å². The zero-order valence-electron chi connectivity index (χ0n) is 15.5. The molecule has 0 aliphatic rings. The fraction of sp³-hybridized carbons (Fsp3) is 0.0435. The summed E-state index contributed by atoms with van der Waals surface area (Å²) in [4.78, 5) is 16.3. The topological polar surface area (TPSA) is 75.5 Å². The average Bonchev–Trinajstić information content (AvgIpc) is 2.78. The number of hydrogen-bond donors (Lipinski definition) is 3. The highest BCUT2D eigenvalue weighted by atomic mass is 35.5. The van der Waals surface area contributed by atoms with E-state index in [1.54, 1.807) is 48.5 Å². The van der Waals surface area contributed by atoms with Gasteiger partial charge in [-0.3, -0.25) is 15.6 Å². The van der Waals surface area contributed by atoms with Gasteiger partial charge >= 0.3 is 0 Å². The molecule has 0 radical (unpaired) electrons. The number of amides is 1. The van der Waals surface area contributed by atoms with Gasteiger partial charge < -0.3 is 17.5 Å². The van der Waals surface area contributed by atoms with E-state index in [1.807, 2.05) is 48.7 Å². The Kier molecular flexibility index (Phi) is 6.12. The number of hydrazine groups is 1. The first-order valence-corrected chi connectivity index (χ1v) is 8.99. The van der Waals surface area contributed by atoms with Gasteiger partial charge in [0.05, 0.1) is 0 Å². The number of H-pyrrole nitrogens is 1. The van der Waals surface area contributed by atoms with E-state index in [-0.39, 0.29) is 12.4 Å². The number of aromatic amines is 1. The first kappa shape index (κ1) is 20.3. The number of para-hydroxylation sites is 1. The van der Waals surface area contributed by atoms with Gasteiger partial charge in [0.1, 0.15) is 5.69 Å². The molecule has 0 aliphatic carbocycles. The summed E-state index contributed by atoms with van der Waals surface area (Å²) in [6.07, 6.45) is 1.82.